The molecule has 0 radical (unpaired) electrons. The molecular weight excluding hydrogens is 292 g/mol. The Morgan fingerprint density at radius 3 is 2.83 bits per heavy atom. The van der Waals surface area contributed by atoms with Crippen LogP contribution in [0.1, 0.15) is 17.0 Å². The number of hydrogen-bond acceptors (Lipinski definition) is 4. The van der Waals surface area contributed by atoms with Crippen molar-refractivity contribution in [2.24, 2.45) is 12.0 Å². The monoisotopic (exact) mass is 316 g/mol. The fourth-order valence-corrected chi connectivity index (χ4v) is 2.21. The van der Waals surface area contributed by atoms with Crippen LogP contribution in [0.3, 0.4) is 0 Å². The van der Waals surface area contributed by atoms with Crippen LogP contribution < -0.4 is 15.4 Å². The molecule has 7 nitrogen and oxygen atoms in total. The first-order chi connectivity index (χ1) is 11.1. The van der Waals surface area contributed by atoms with Gasteiger partial charge in [0.1, 0.15) is 17.9 Å². The second kappa shape index (κ2) is 8.17. The number of rotatable bonds is 6. The van der Waals surface area contributed by atoms with Crippen LogP contribution in [0, 0.1) is 6.92 Å². The van der Waals surface area contributed by atoms with E-state index < -0.39 is 0 Å². The lowest BCUT2D eigenvalue weighted by atomic mass is 10.1. The quantitative estimate of drug-likeness (QED) is 0.615. The third-order valence-corrected chi connectivity index (χ3v) is 3.62. The number of methoxy groups -OCH3 is 1. The average Bonchev–Trinajstić information content (AvgIpc) is 2.97. The molecule has 1 aromatic heterocycles. The molecule has 0 bridgehead atoms. The first-order valence-electron chi connectivity index (χ1n) is 7.55. The highest BCUT2D eigenvalue weighted by Gasteiger charge is 2.04. The zero-order chi connectivity index (χ0) is 16.7. The van der Waals surface area contributed by atoms with Gasteiger partial charge in [-0.25, -0.2) is 4.98 Å². The van der Waals surface area contributed by atoms with Crippen molar-refractivity contribution in [2.45, 2.75) is 19.9 Å². The predicted octanol–water partition coefficient (Wildman–Crippen LogP) is 1.04. The van der Waals surface area contributed by atoms with Crippen LogP contribution >= 0.6 is 0 Å². The van der Waals surface area contributed by atoms with Crippen molar-refractivity contribution < 1.29 is 4.74 Å². The molecule has 1 aromatic carbocycles. The van der Waals surface area contributed by atoms with Gasteiger partial charge in [0.05, 0.1) is 13.7 Å². The van der Waals surface area contributed by atoms with Gasteiger partial charge in [0.25, 0.3) is 0 Å². The summed E-state index contributed by atoms with van der Waals surface area (Å²) in [6, 6.07) is 6.28. The van der Waals surface area contributed by atoms with E-state index in [0.717, 1.165) is 36.1 Å². The van der Waals surface area contributed by atoms with E-state index in [1.54, 1.807) is 18.8 Å². The van der Waals surface area contributed by atoms with Crippen LogP contribution in [0.4, 0.5) is 0 Å². The van der Waals surface area contributed by atoms with Gasteiger partial charge in [-0.2, -0.15) is 5.10 Å². The van der Waals surface area contributed by atoms with E-state index in [1.807, 2.05) is 14.0 Å². The third-order valence-electron chi connectivity index (χ3n) is 3.62. The number of aromatic nitrogens is 3. The van der Waals surface area contributed by atoms with Gasteiger partial charge < -0.3 is 15.4 Å². The highest BCUT2D eigenvalue weighted by atomic mass is 16.5. The Hall–Kier alpha value is -2.57. The number of guanidine groups is 1. The molecule has 1 heterocycles. The topological polar surface area (TPSA) is 76.4 Å². The first kappa shape index (κ1) is 16.8. The van der Waals surface area contributed by atoms with Crippen molar-refractivity contribution in [3.05, 3.63) is 41.5 Å². The molecule has 7 heteroatoms. The Morgan fingerprint density at radius 2 is 2.17 bits per heavy atom. The number of nitrogens with zero attached hydrogens (tertiary/aromatic N) is 4. The highest BCUT2D eigenvalue weighted by molar-refractivity contribution is 5.79. The van der Waals surface area contributed by atoms with Gasteiger partial charge in [0.2, 0.25) is 0 Å². The molecule has 0 saturated carbocycles. The molecule has 2 rings (SSSR count). The van der Waals surface area contributed by atoms with E-state index in [9.17, 15) is 0 Å². The number of hydrogen-bond donors (Lipinski definition) is 2. The summed E-state index contributed by atoms with van der Waals surface area (Å²) in [6.45, 7) is 3.40. The summed E-state index contributed by atoms with van der Waals surface area (Å²) in [7, 11) is 5.31. The maximum Gasteiger partial charge on any atom is 0.191 e. The summed E-state index contributed by atoms with van der Waals surface area (Å²) in [6.07, 6.45) is 2.43. The number of aliphatic imine (C=N–C) groups is 1. The van der Waals surface area contributed by atoms with Crippen LogP contribution in [-0.4, -0.2) is 41.4 Å². The van der Waals surface area contributed by atoms with Gasteiger partial charge in [0.15, 0.2) is 5.96 Å². The smallest absolute Gasteiger partial charge is 0.191 e. The number of benzene rings is 1. The molecule has 0 aliphatic carbocycles. The number of nitrogens with one attached hydrogen (secondary N) is 2. The summed E-state index contributed by atoms with van der Waals surface area (Å²) in [4.78, 5) is 8.38. The van der Waals surface area contributed by atoms with Gasteiger partial charge in [0, 0.05) is 20.6 Å². The SMILES string of the molecule is CN=C(NCCc1ccc(C)c(OC)c1)NCc1ncnn1C. The molecule has 0 aliphatic rings. The second-order valence-electron chi connectivity index (χ2n) is 5.21. The second-order valence-corrected chi connectivity index (χ2v) is 5.21. The molecular formula is C16H24N6O. The van der Waals surface area contributed by atoms with Crippen LogP contribution in [0.5, 0.6) is 5.75 Å². The average molecular weight is 316 g/mol. The summed E-state index contributed by atoms with van der Waals surface area (Å²) in [5.41, 5.74) is 2.37. The third kappa shape index (κ3) is 4.70. The Kier molecular flexibility index (Phi) is 5.96. The van der Waals surface area contributed by atoms with E-state index in [0.29, 0.717) is 6.54 Å². The van der Waals surface area contributed by atoms with Crippen molar-refractivity contribution >= 4 is 5.96 Å². The van der Waals surface area contributed by atoms with Gasteiger partial charge in [-0.05, 0) is 30.5 Å². The molecule has 0 spiro atoms. The van der Waals surface area contributed by atoms with E-state index >= 15 is 0 Å². The minimum atomic E-state index is 0.578. The fourth-order valence-electron chi connectivity index (χ4n) is 2.21. The van der Waals surface area contributed by atoms with Gasteiger partial charge in [-0.1, -0.05) is 12.1 Å². The maximum absolute atomic E-state index is 5.35. The van der Waals surface area contributed by atoms with Gasteiger partial charge in [-0.3, -0.25) is 9.67 Å². The predicted molar refractivity (Wildman–Crippen MR) is 90.6 cm³/mol. The molecule has 0 saturated heterocycles. The minimum absolute atomic E-state index is 0.578. The summed E-state index contributed by atoms with van der Waals surface area (Å²) in [5.74, 6) is 2.52. The van der Waals surface area contributed by atoms with Crippen LogP contribution in [0.15, 0.2) is 29.5 Å². The standard InChI is InChI=1S/C16H24N6O/c1-12-5-6-13(9-14(12)23-4)7-8-18-16(17-2)19-10-15-20-11-21-22(15)3/h5-6,9,11H,7-8,10H2,1-4H3,(H2,17,18,19). The summed E-state index contributed by atoms with van der Waals surface area (Å²) < 4.78 is 7.09. The van der Waals surface area contributed by atoms with Gasteiger partial charge >= 0.3 is 0 Å². The lowest BCUT2D eigenvalue weighted by Crippen LogP contribution is -2.38. The van der Waals surface area contributed by atoms with Crippen LogP contribution in [0.2, 0.25) is 0 Å². The van der Waals surface area contributed by atoms with E-state index in [1.165, 1.54) is 11.9 Å². The maximum atomic E-state index is 5.35. The molecule has 124 valence electrons. The van der Waals surface area contributed by atoms with Gasteiger partial charge in [-0.15, -0.1) is 0 Å². The van der Waals surface area contributed by atoms with Crippen LogP contribution in [0.25, 0.3) is 0 Å². The highest BCUT2D eigenvalue weighted by Crippen LogP contribution is 2.18. The molecule has 0 aliphatic heterocycles. The zero-order valence-corrected chi connectivity index (χ0v) is 14.1. The molecule has 0 atom stereocenters. The molecule has 0 fully saturated rings. The zero-order valence-electron chi connectivity index (χ0n) is 14.1. The lowest BCUT2D eigenvalue weighted by Gasteiger charge is -2.12. The Morgan fingerprint density at radius 1 is 1.35 bits per heavy atom. The number of ether oxygens (including phenoxy) is 1. The Labute approximate surface area is 136 Å². The molecule has 2 N–H and O–H groups in total. The van der Waals surface area contributed by atoms with Crippen molar-refractivity contribution in [2.75, 3.05) is 20.7 Å². The minimum Gasteiger partial charge on any atom is -0.496 e. The van der Waals surface area contributed by atoms with Crippen LogP contribution in [-0.2, 0) is 20.0 Å². The molecule has 0 unspecified atom stereocenters. The summed E-state index contributed by atoms with van der Waals surface area (Å²) >= 11 is 0. The Bertz CT molecular complexity index is 664. The molecule has 0 amide bonds. The number of aryl methyl sites for hydroxylation is 2. The first-order valence-corrected chi connectivity index (χ1v) is 7.55. The fraction of sp³-hybridized carbons (Fsp3) is 0.438. The van der Waals surface area contributed by atoms with Crippen molar-refractivity contribution in [1.82, 2.24) is 25.4 Å². The van der Waals surface area contributed by atoms with Crippen molar-refractivity contribution in [3.63, 3.8) is 0 Å². The van der Waals surface area contributed by atoms with E-state index in [4.69, 9.17) is 4.74 Å². The van der Waals surface area contributed by atoms with E-state index in [2.05, 4.69) is 43.9 Å². The van der Waals surface area contributed by atoms with Crippen molar-refractivity contribution in [3.8, 4) is 5.75 Å². The molecule has 23 heavy (non-hydrogen) atoms. The van der Waals surface area contributed by atoms with Crippen molar-refractivity contribution in [1.29, 1.82) is 0 Å². The normalized spacial score (nSPS) is 11.4. The lowest BCUT2D eigenvalue weighted by molar-refractivity contribution is 0.411. The summed E-state index contributed by atoms with van der Waals surface area (Å²) in [5, 5.41) is 10.6. The Balaban J connectivity index is 1.81. The largest absolute Gasteiger partial charge is 0.496 e. The molecule has 2 aromatic rings. The van der Waals surface area contributed by atoms with E-state index in [-0.39, 0.29) is 0 Å².